The van der Waals surface area contributed by atoms with Crippen molar-refractivity contribution < 1.29 is 47.5 Å². The molecule has 7 heavy (non-hydrogen) atoms. The summed E-state index contributed by atoms with van der Waals surface area (Å²) in [6.45, 7) is 0. The third-order valence-corrected chi connectivity index (χ3v) is 0. The second-order valence-electron chi connectivity index (χ2n) is 0.217. The van der Waals surface area contributed by atoms with E-state index in [-0.39, 0.29) is 29.6 Å². The molecule has 0 amide bonds. The van der Waals surface area contributed by atoms with Gasteiger partial charge in [0.05, 0.1) is 23.2 Å². The van der Waals surface area contributed by atoms with Crippen LogP contribution in [0, 0.1) is 0 Å². The van der Waals surface area contributed by atoms with Crippen LogP contribution in [0.15, 0.2) is 0 Å². The minimum absolute atomic E-state index is 0. The van der Waals surface area contributed by atoms with Crippen LogP contribution in [0.2, 0.25) is 0 Å². The molecule has 0 heterocycles. The Morgan fingerprint density at radius 3 is 1.57 bits per heavy atom. The van der Waals surface area contributed by atoms with Crippen molar-refractivity contribution in [3.63, 3.8) is 0 Å². The summed E-state index contributed by atoms with van der Waals surface area (Å²) in [6.07, 6.45) is 0. The number of halogens is 1. The Morgan fingerprint density at radius 1 is 1.57 bits per heavy atom. The number of hydrogen-bond donors (Lipinski definition) is 2. The molecule has 0 fully saturated rings. The van der Waals surface area contributed by atoms with Gasteiger partial charge in [0.15, 0.2) is 0 Å². The van der Waals surface area contributed by atoms with Gasteiger partial charge in [-0.1, -0.05) is 0 Å². The van der Waals surface area contributed by atoms with Gasteiger partial charge < -0.3 is 9.11 Å². The van der Waals surface area contributed by atoms with Crippen LogP contribution in [0.25, 0.3) is 0 Å². The minimum Gasteiger partial charge on any atom is -0.750 e. The van der Waals surface area contributed by atoms with Crippen molar-refractivity contribution in [3.8, 4) is 0 Å². The zero-order chi connectivity index (χ0) is 5.58. The van der Waals surface area contributed by atoms with Gasteiger partial charge in [0.1, 0.15) is 0 Å². The van der Waals surface area contributed by atoms with Gasteiger partial charge in [-0.05, 0) is 0 Å². The fraction of sp³-hybridized carbons (Fsp3) is 0. The first kappa shape index (κ1) is 15.8. The molecule has 1 atom stereocenters. The Labute approximate surface area is 70.4 Å². The molecular weight excluding hydrogens is 155 g/mol. The third-order valence-electron chi connectivity index (χ3n) is 0. The van der Waals surface area contributed by atoms with Gasteiger partial charge >= 0.3 is 29.6 Å². The van der Waals surface area contributed by atoms with Crippen LogP contribution in [-0.4, -0.2) is 18.0 Å². The fourth-order valence-corrected chi connectivity index (χ4v) is 0. The molecule has 2 N–H and O–H groups in total. The van der Waals surface area contributed by atoms with Crippen LogP contribution in [0.4, 0.5) is 0 Å². The van der Waals surface area contributed by atoms with E-state index in [1.807, 2.05) is 0 Å². The van der Waals surface area contributed by atoms with Crippen molar-refractivity contribution in [2.75, 3.05) is 0 Å². The second-order valence-corrected chi connectivity index (χ2v) is 0.651. The summed E-state index contributed by atoms with van der Waals surface area (Å²) in [5.74, 6) is 0. The zero-order valence-electron chi connectivity index (χ0n) is 3.50. The molecule has 0 aliphatic rings. The van der Waals surface area contributed by atoms with Gasteiger partial charge in [-0.15, -0.1) is 0 Å². The predicted octanol–water partition coefficient (Wildman–Crippen LogP) is -3.52. The minimum atomic E-state index is -2.86. The van der Waals surface area contributed by atoms with E-state index in [1.54, 1.807) is 0 Å². The van der Waals surface area contributed by atoms with Gasteiger partial charge in [-0.25, -0.2) is 4.21 Å². The summed E-state index contributed by atoms with van der Waals surface area (Å²) in [4.78, 5) is 0. The summed E-state index contributed by atoms with van der Waals surface area (Å²) in [5, 5.41) is 0. The molecule has 0 aromatic carbocycles. The summed E-state index contributed by atoms with van der Waals surface area (Å²) < 4.78 is 30.6. The fourth-order valence-electron chi connectivity index (χ4n) is 0. The normalized spacial score (nSPS) is 9.71. The van der Waals surface area contributed by atoms with E-state index in [1.165, 1.54) is 0 Å². The molecule has 0 radical (unpaired) electrons. The van der Waals surface area contributed by atoms with Crippen molar-refractivity contribution in [3.05, 3.63) is 0 Å². The van der Waals surface area contributed by atoms with E-state index in [0.717, 1.165) is 0 Å². The molecule has 0 spiro atoms. The van der Waals surface area contributed by atoms with Gasteiger partial charge in [-0.3, -0.25) is 4.66 Å². The largest absolute Gasteiger partial charge is 1.00 e. The molecule has 1 unspecified atom stereocenters. The molecule has 0 saturated heterocycles. The average molecular weight is 157 g/mol. The van der Waals surface area contributed by atoms with Crippen molar-refractivity contribution in [2.24, 2.45) is 0 Å². The van der Waals surface area contributed by atoms with E-state index < -0.39 is 11.4 Å². The summed E-state index contributed by atoms with van der Waals surface area (Å²) in [7, 11) is 0. The topological polar surface area (TPSA) is 80.6 Å². The third kappa shape index (κ3) is 119. The monoisotopic (exact) mass is 156 g/mol. The average Bonchev–Trinajstić information content (AvgIpc) is 1.41. The summed E-state index contributed by atoms with van der Waals surface area (Å²) >= 11 is 0.778. The Morgan fingerprint density at radius 2 is 1.57 bits per heavy atom. The zero-order valence-corrected chi connectivity index (χ0v) is 7.07. The quantitative estimate of drug-likeness (QED) is 0.281. The van der Waals surface area contributed by atoms with Crippen LogP contribution >= 0.6 is 11.9 Å². The van der Waals surface area contributed by atoms with Crippen molar-refractivity contribution in [1.82, 2.24) is 0 Å². The smallest absolute Gasteiger partial charge is 0.750 e. The summed E-state index contributed by atoms with van der Waals surface area (Å²) in [5.41, 5.74) is 0. The van der Waals surface area contributed by atoms with Crippen molar-refractivity contribution in [2.45, 2.75) is 0 Å². The standard InChI is InChI=1S/ClHO.Na.H2O3S/c1-2;;1-4(2)3/h2H;;(H2,1,2,3)/q;+1;/p-1. The van der Waals surface area contributed by atoms with Gasteiger partial charge in [0.25, 0.3) is 0 Å². The van der Waals surface area contributed by atoms with Crippen LogP contribution in [-0.2, 0) is 11.4 Å². The maximum absolute atomic E-state index is 8.56. The maximum Gasteiger partial charge on any atom is 1.00 e. The van der Waals surface area contributed by atoms with E-state index in [0.29, 0.717) is 0 Å². The number of hydrogen-bond acceptors (Lipinski definition) is 3. The van der Waals surface area contributed by atoms with E-state index in [2.05, 4.69) is 11.9 Å². The molecule has 0 aromatic rings. The van der Waals surface area contributed by atoms with E-state index in [4.69, 9.17) is 18.0 Å². The molecule has 4 nitrogen and oxygen atoms in total. The molecule has 0 rings (SSSR count). The maximum atomic E-state index is 8.56. The van der Waals surface area contributed by atoms with Gasteiger partial charge in [0.2, 0.25) is 0 Å². The first-order valence-corrected chi connectivity index (χ1v) is 2.05. The van der Waals surface area contributed by atoms with E-state index >= 15 is 0 Å². The summed E-state index contributed by atoms with van der Waals surface area (Å²) in [6, 6.07) is 0. The molecule has 40 valence electrons. The van der Waals surface area contributed by atoms with Gasteiger partial charge in [-0.2, -0.15) is 0 Å². The Hall–Kier alpha value is 1.32. The van der Waals surface area contributed by atoms with Crippen molar-refractivity contribution in [1.29, 1.82) is 0 Å². The molecule has 7 heteroatoms. The molecule has 0 bridgehead atoms. The molecule has 0 aromatic heterocycles. The van der Waals surface area contributed by atoms with Crippen LogP contribution in [0.5, 0.6) is 0 Å². The van der Waals surface area contributed by atoms with Crippen molar-refractivity contribution >= 4 is 23.2 Å². The predicted molar refractivity (Wildman–Crippen MR) is 19.6 cm³/mol. The SMILES string of the molecule is O=S([O-])O.OCl.[Na+]. The Balaban J connectivity index is -0.0000000480. The number of rotatable bonds is 0. The Bertz CT molecular complexity index is 34.7. The van der Waals surface area contributed by atoms with E-state index in [9.17, 15) is 0 Å². The molecule has 0 aliphatic carbocycles. The van der Waals surface area contributed by atoms with Crippen LogP contribution < -0.4 is 29.6 Å². The van der Waals surface area contributed by atoms with Crippen LogP contribution in [0.1, 0.15) is 0 Å². The first-order valence-electron chi connectivity index (χ1n) is 0.685. The van der Waals surface area contributed by atoms with Gasteiger partial charge in [0, 0.05) is 0 Å². The first-order chi connectivity index (χ1) is 2.73. The molecule has 0 aliphatic heterocycles. The molecule has 0 saturated carbocycles. The van der Waals surface area contributed by atoms with Crippen LogP contribution in [0.3, 0.4) is 0 Å². The Kier molecular flexibility index (Phi) is 35.3. The second kappa shape index (κ2) is 15.7. The molecular formula is H2ClNaO4S.